The standard InChI is InChI=1S/C34H64O11/c1-21(2)11-8-13-23(4)15-10-17-24(5)16-9-14-22(3)12-6-7-18-42-33-31(41)29(39)32(26(20-36)44-33)45-34-30(40)28(38)27(37)25(19-35)43-34/h12,21,23-41H,6-11,13-20H2,1-5H3/b22-12+. The van der Waals surface area contributed by atoms with Crippen LogP contribution in [-0.2, 0) is 18.9 Å². The van der Waals surface area contributed by atoms with E-state index in [4.69, 9.17) is 18.9 Å². The first-order valence-corrected chi connectivity index (χ1v) is 17.2. The summed E-state index contributed by atoms with van der Waals surface area (Å²) >= 11 is 0. The fraction of sp³-hybridized carbons (Fsp3) is 0.941. The van der Waals surface area contributed by atoms with E-state index in [0.717, 1.165) is 30.6 Å². The van der Waals surface area contributed by atoms with Gasteiger partial charge in [0.05, 0.1) is 19.8 Å². The molecule has 0 spiro atoms. The minimum atomic E-state index is -1.71. The molecule has 2 aliphatic heterocycles. The van der Waals surface area contributed by atoms with Crippen molar-refractivity contribution >= 4 is 0 Å². The SMILES string of the molecule is C/C(=C\CCCOC1OC(CO)C(OC2OC(CO)C(O)C(O)C2O)C(O)C1O)CCCC(C)CCCC(C)CCCC(C)C. The van der Waals surface area contributed by atoms with Crippen LogP contribution in [0.25, 0.3) is 0 Å². The van der Waals surface area contributed by atoms with Crippen molar-refractivity contribution in [2.24, 2.45) is 17.8 Å². The van der Waals surface area contributed by atoms with Gasteiger partial charge in [-0.05, 0) is 50.4 Å². The van der Waals surface area contributed by atoms with Crippen molar-refractivity contribution in [2.75, 3.05) is 19.8 Å². The molecular weight excluding hydrogens is 584 g/mol. The van der Waals surface area contributed by atoms with Gasteiger partial charge in [0, 0.05) is 0 Å². The summed E-state index contributed by atoms with van der Waals surface area (Å²) in [6.45, 7) is 10.5. The zero-order valence-corrected chi connectivity index (χ0v) is 28.2. The molecule has 0 amide bonds. The summed E-state index contributed by atoms with van der Waals surface area (Å²) < 4.78 is 22.3. The lowest BCUT2D eigenvalue weighted by atomic mass is 9.91. The summed E-state index contributed by atoms with van der Waals surface area (Å²) in [4.78, 5) is 0. The molecule has 2 heterocycles. The number of rotatable bonds is 21. The summed E-state index contributed by atoms with van der Waals surface area (Å²) in [5.41, 5.74) is 1.35. The van der Waals surface area contributed by atoms with Crippen LogP contribution in [0.15, 0.2) is 11.6 Å². The number of allylic oxidation sites excluding steroid dienone is 2. The van der Waals surface area contributed by atoms with Gasteiger partial charge in [-0.15, -0.1) is 0 Å². The summed E-state index contributed by atoms with van der Waals surface area (Å²) in [7, 11) is 0. The summed E-state index contributed by atoms with van der Waals surface area (Å²) in [6, 6.07) is 0. The van der Waals surface area contributed by atoms with E-state index in [1.807, 2.05) is 0 Å². The molecule has 0 aromatic carbocycles. The fourth-order valence-electron chi connectivity index (χ4n) is 6.13. The van der Waals surface area contributed by atoms with Gasteiger partial charge >= 0.3 is 0 Å². The van der Waals surface area contributed by atoms with Gasteiger partial charge in [0.15, 0.2) is 12.6 Å². The lowest BCUT2D eigenvalue weighted by Gasteiger charge is -2.45. The molecule has 2 saturated heterocycles. The number of hydrogen-bond donors (Lipinski definition) is 7. The number of unbranched alkanes of at least 4 members (excludes halogenated alkanes) is 1. The quantitative estimate of drug-likeness (QED) is 0.0719. The largest absolute Gasteiger partial charge is 0.394 e. The Bertz CT molecular complexity index is 807. The third-order valence-corrected chi connectivity index (χ3v) is 9.22. The molecule has 0 bridgehead atoms. The third-order valence-electron chi connectivity index (χ3n) is 9.22. The van der Waals surface area contributed by atoms with Crippen molar-refractivity contribution in [3.05, 3.63) is 11.6 Å². The Morgan fingerprint density at radius 2 is 1.22 bits per heavy atom. The molecule has 0 aromatic rings. The molecule has 0 aliphatic carbocycles. The van der Waals surface area contributed by atoms with Crippen LogP contribution >= 0.6 is 0 Å². The van der Waals surface area contributed by atoms with Crippen LogP contribution in [0.3, 0.4) is 0 Å². The molecule has 0 radical (unpaired) electrons. The van der Waals surface area contributed by atoms with Crippen LogP contribution in [0.4, 0.5) is 0 Å². The molecule has 12 unspecified atom stereocenters. The summed E-state index contributed by atoms with van der Waals surface area (Å²) in [6.07, 6.45) is 0.673. The number of ether oxygens (including phenoxy) is 4. The molecule has 7 N–H and O–H groups in total. The first-order chi connectivity index (χ1) is 21.4. The Hall–Kier alpha value is -0.700. The minimum Gasteiger partial charge on any atom is -0.394 e. The lowest BCUT2D eigenvalue weighted by Crippen LogP contribution is -2.64. The van der Waals surface area contributed by atoms with Crippen LogP contribution in [-0.4, -0.2) is 117 Å². The van der Waals surface area contributed by atoms with Gasteiger partial charge in [-0.2, -0.15) is 0 Å². The second kappa shape index (κ2) is 21.3. The molecule has 0 aromatic heterocycles. The average Bonchev–Trinajstić information content (AvgIpc) is 3.00. The highest BCUT2D eigenvalue weighted by Gasteiger charge is 2.50. The van der Waals surface area contributed by atoms with E-state index in [-0.39, 0.29) is 6.61 Å². The van der Waals surface area contributed by atoms with Crippen molar-refractivity contribution in [1.82, 2.24) is 0 Å². The molecule has 2 rings (SSSR count). The van der Waals surface area contributed by atoms with Gasteiger partial charge in [0.25, 0.3) is 0 Å². The van der Waals surface area contributed by atoms with Gasteiger partial charge in [0.2, 0.25) is 0 Å². The van der Waals surface area contributed by atoms with Crippen LogP contribution < -0.4 is 0 Å². The normalized spacial score (nSPS) is 34.3. The maximum atomic E-state index is 10.7. The van der Waals surface area contributed by atoms with Crippen molar-refractivity contribution < 1.29 is 54.7 Å². The molecule has 266 valence electrons. The van der Waals surface area contributed by atoms with Crippen LogP contribution in [0.1, 0.15) is 105 Å². The van der Waals surface area contributed by atoms with E-state index in [1.165, 1.54) is 56.9 Å². The van der Waals surface area contributed by atoms with Crippen LogP contribution in [0.2, 0.25) is 0 Å². The highest BCUT2D eigenvalue weighted by atomic mass is 16.7. The maximum absolute atomic E-state index is 10.7. The molecule has 2 fully saturated rings. The van der Waals surface area contributed by atoms with E-state index in [0.29, 0.717) is 6.42 Å². The maximum Gasteiger partial charge on any atom is 0.187 e. The summed E-state index contributed by atoms with van der Waals surface area (Å²) in [5, 5.41) is 70.8. The van der Waals surface area contributed by atoms with Gasteiger partial charge in [-0.1, -0.05) is 84.3 Å². The van der Waals surface area contributed by atoms with Gasteiger partial charge in [0.1, 0.15) is 48.8 Å². The topological polar surface area (TPSA) is 179 Å². The van der Waals surface area contributed by atoms with E-state index < -0.39 is 74.6 Å². The second-order valence-electron chi connectivity index (χ2n) is 13.9. The predicted octanol–water partition coefficient (Wildman–Crippen LogP) is 2.79. The Morgan fingerprint density at radius 3 is 1.82 bits per heavy atom. The van der Waals surface area contributed by atoms with E-state index in [1.54, 1.807) is 0 Å². The van der Waals surface area contributed by atoms with Crippen molar-refractivity contribution in [3.8, 4) is 0 Å². The van der Waals surface area contributed by atoms with Crippen molar-refractivity contribution in [2.45, 2.75) is 167 Å². The predicted molar refractivity (Wildman–Crippen MR) is 170 cm³/mol. The number of aliphatic hydroxyl groups excluding tert-OH is 7. The van der Waals surface area contributed by atoms with E-state index >= 15 is 0 Å². The molecular formula is C34H64O11. The Balaban J connectivity index is 1.66. The summed E-state index contributed by atoms with van der Waals surface area (Å²) in [5.74, 6) is 2.38. The third kappa shape index (κ3) is 13.7. The first kappa shape index (κ1) is 40.5. The molecule has 45 heavy (non-hydrogen) atoms. The number of aliphatic hydroxyl groups is 7. The van der Waals surface area contributed by atoms with E-state index in [2.05, 4.69) is 40.7 Å². The Labute approximate surface area is 270 Å². The Kier molecular flexibility index (Phi) is 19.2. The highest BCUT2D eigenvalue weighted by molar-refractivity contribution is 4.98. The highest BCUT2D eigenvalue weighted by Crippen LogP contribution is 2.30. The fourth-order valence-corrected chi connectivity index (χ4v) is 6.13. The van der Waals surface area contributed by atoms with Crippen LogP contribution in [0.5, 0.6) is 0 Å². The lowest BCUT2D eigenvalue weighted by molar-refractivity contribution is -0.359. The Morgan fingerprint density at radius 1 is 0.667 bits per heavy atom. The van der Waals surface area contributed by atoms with Crippen molar-refractivity contribution in [1.29, 1.82) is 0 Å². The molecule has 12 atom stereocenters. The van der Waals surface area contributed by atoms with E-state index in [9.17, 15) is 35.7 Å². The zero-order chi connectivity index (χ0) is 33.5. The molecule has 2 aliphatic rings. The van der Waals surface area contributed by atoms with Gasteiger partial charge in [-0.25, -0.2) is 0 Å². The number of hydrogen-bond acceptors (Lipinski definition) is 11. The van der Waals surface area contributed by atoms with Gasteiger partial charge < -0.3 is 54.7 Å². The smallest absolute Gasteiger partial charge is 0.187 e. The molecule has 11 nitrogen and oxygen atoms in total. The second-order valence-corrected chi connectivity index (χ2v) is 13.9. The molecule has 0 saturated carbocycles. The average molecular weight is 649 g/mol. The zero-order valence-electron chi connectivity index (χ0n) is 28.2. The first-order valence-electron chi connectivity index (χ1n) is 17.2. The van der Waals surface area contributed by atoms with Crippen LogP contribution in [0, 0.1) is 17.8 Å². The van der Waals surface area contributed by atoms with Crippen molar-refractivity contribution in [3.63, 3.8) is 0 Å². The van der Waals surface area contributed by atoms with Gasteiger partial charge in [-0.3, -0.25) is 0 Å². The monoisotopic (exact) mass is 648 g/mol. The molecule has 11 heteroatoms. The minimum absolute atomic E-state index is 0.265.